The Morgan fingerprint density at radius 2 is 2.67 bits per heavy atom. The highest BCUT2D eigenvalue weighted by molar-refractivity contribution is 7.11. The number of nitrogens with one attached hydrogen (secondary N) is 1. The summed E-state index contributed by atoms with van der Waals surface area (Å²) in [5, 5.41) is 5.13. The molecular formula is C5H6N2OS. The predicted molar refractivity (Wildman–Crippen MR) is 37.0 cm³/mol. The maximum atomic E-state index is 10.1. The van der Waals surface area contributed by atoms with Crippen LogP contribution in [0.25, 0.3) is 0 Å². The molecule has 4 heteroatoms. The van der Waals surface area contributed by atoms with Crippen molar-refractivity contribution in [3.05, 3.63) is 10.4 Å². The summed E-state index contributed by atoms with van der Waals surface area (Å²) in [4.78, 5) is 13.9. The van der Waals surface area contributed by atoms with Crippen molar-refractivity contribution in [2.45, 2.75) is 0 Å². The first kappa shape index (κ1) is 6.22. The molecule has 1 heterocycles. The van der Waals surface area contributed by atoms with Crippen molar-refractivity contribution < 1.29 is 4.79 Å². The van der Waals surface area contributed by atoms with Crippen LogP contribution in [-0.4, -0.2) is 18.3 Å². The number of carbonyl (C=O) groups excluding carboxylic acids is 1. The lowest BCUT2D eigenvalue weighted by atomic mass is 10.7. The molecule has 48 valence electrons. The van der Waals surface area contributed by atoms with E-state index in [1.54, 1.807) is 12.4 Å². The van der Waals surface area contributed by atoms with E-state index in [0.717, 1.165) is 12.1 Å². The highest BCUT2D eigenvalue weighted by Gasteiger charge is 1.95. The summed E-state index contributed by atoms with van der Waals surface area (Å²) in [5.41, 5.74) is 0. The van der Waals surface area contributed by atoms with Crippen LogP contribution in [0.5, 0.6) is 0 Å². The first-order chi connectivity index (χ1) is 4.36. The first-order valence-electron chi connectivity index (χ1n) is 2.45. The van der Waals surface area contributed by atoms with Crippen LogP contribution in [0.4, 0.5) is 5.82 Å². The number of anilines is 1. The molecule has 0 bridgehead atoms. The van der Waals surface area contributed by atoms with Gasteiger partial charge >= 0.3 is 0 Å². The number of aldehydes is 1. The Balaban J connectivity index is 2.86. The Bertz CT molecular complexity index is 208. The van der Waals surface area contributed by atoms with Crippen LogP contribution in [0, 0.1) is 0 Å². The smallest absolute Gasteiger partial charge is 0.178 e. The molecule has 0 saturated carbocycles. The quantitative estimate of drug-likeness (QED) is 0.626. The van der Waals surface area contributed by atoms with Gasteiger partial charge in [-0.2, -0.15) is 0 Å². The molecule has 1 aromatic rings. The summed E-state index contributed by atoms with van der Waals surface area (Å²) < 4.78 is 0. The number of hydrogen-bond donors (Lipinski definition) is 1. The summed E-state index contributed by atoms with van der Waals surface area (Å²) in [6, 6.07) is 0. The van der Waals surface area contributed by atoms with Crippen LogP contribution in [0.3, 0.4) is 0 Å². The van der Waals surface area contributed by atoms with Crippen LogP contribution < -0.4 is 5.32 Å². The molecule has 0 spiro atoms. The Hall–Kier alpha value is -0.900. The molecular weight excluding hydrogens is 136 g/mol. The van der Waals surface area contributed by atoms with Gasteiger partial charge in [-0.15, -0.1) is 11.3 Å². The fourth-order valence-corrected chi connectivity index (χ4v) is 1.07. The number of carbonyl (C=O) groups is 1. The standard InChI is InChI=1S/C5H6N2OS/c1-6-4-3-9-5(2-8)7-4/h2-3,6H,1H3. The van der Waals surface area contributed by atoms with Gasteiger partial charge in [0.25, 0.3) is 0 Å². The Morgan fingerprint density at radius 1 is 1.89 bits per heavy atom. The fraction of sp³-hybridized carbons (Fsp3) is 0.200. The van der Waals surface area contributed by atoms with Gasteiger partial charge in [-0.1, -0.05) is 0 Å². The van der Waals surface area contributed by atoms with Gasteiger partial charge in [-0.25, -0.2) is 4.98 Å². The molecule has 9 heavy (non-hydrogen) atoms. The zero-order valence-corrected chi connectivity index (χ0v) is 5.73. The van der Waals surface area contributed by atoms with E-state index in [0.29, 0.717) is 5.01 Å². The first-order valence-corrected chi connectivity index (χ1v) is 3.33. The van der Waals surface area contributed by atoms with Crippen molar-refractivity contribution in [3.63, 3.8) is 0 Å². The molecule has 0 unspecified atom stereocenters. The third kappa shape index (κ3) is 1.26. The highest BCUT2D eigenvalue weighted by Crippen LogP contribution is 2.10. The summed E-state index contributed by atoms with van der Waals surface area (Å²) >= 11 is 1.33. The molecule has 0 aromatic carbocycles. The zero-order chi connectivity index (χ0) is 6.69. The Labute approximate surface area is 56.7 Å². The molecule has 0 amide bonds. The molecule has 0 aliphatic rings. The van der Waals surface area contributed by atoms with E-state index in [4.69, 9.17) is 0 Å². The molecule has 0 aliphatic carbocycles. The number of rotatable bonds is 2. The zero-order valence-electron chi connectivity index (χ0n) is 4.92. The minimum atomic E-state index is 0.513. The van der Waals surface area contributed by atoms with Crippen LogP contribution in [0.2, 0.25) is 0 Å². The van der Waals surface area contributed by atoms with Gasteiger partial charge < -0.3 is 5.32 Å². The average molecular weight is 142 g/mol. The van der Waals surface area contributed by atoms with E-state index in [9.17, 15) is 4.79 Å². The maximum absolute atomic E-state index is 10.1. The number of nitrogens with zero attached hydrogens (tertiary/aromatic N) is 1. The molecule has 1 aromatic heterocycles. The van der Waals surface area contributed by atoms with Gasteiger partial charge in [0.1, 0.15) is 5.82 Å². The third-order valence-electron chi connectivity index (χ3n) is 0.879. The van der Waals surface area contributed by atoms with E-state index in [2.05, 4.69) is 10.3 Å². The normalized spacial score (nSPS) is 9.00. The molecule has 0 radical (unpaired) electrons. The predicted octanol–water partition coefficient (Wildman–Crippen LogP) is 0.997. The van der Waals surface area contributed by atoms with Crippen LogP contribution in [-0.2, 0) is 0 Å². The Morgan fingerprint density at radius 3 is 3.00 bits per heavy atom. The van der Waals surface area contributed by atoms with Gasteiger partial charge in [-0.3, -0.25) is 4.79 Å². The fourth-order valence-electron chi connectivity index (χ4n) is 0.457. The average Bonchev–Trinajstić information content (AvgIpc) is 2.34. The van der Waals surface area contributed by atoms with Gasteiger partial charge in [0.2, 0.25) is 0 Å². The molecule has 0 aliphatic heterocycles. The number of aromatic nitrogens is 1. The van der Waals surface area contributed by atoms with E-state index in [1.807, 2.05) is 0 Å². The summed E-state index contributed by atoms with van der Waals surface area (Å²) in [5.74, 6) is 0.752. The van der Waals surface area contributed by atoms with Gasteiger partial charge in [-0.05, 0) is 0 Å². The second-order valence-corrected chi connectivity index (χ2v) is 2.33. The summed E-state index contributed by atoms with van der Waals surface area (Å²) in [7, 11) is 1.77. The number of hydrogen-bond acceptors (Lipinski definition) is 4. The van der Waals surface area contributed by atoms with Crippen molar-refractivity contribution >= 4 is 23.4 Å². The van der Waals surface area contributed by atoms with Crippen LogP contribution in [0.15, 0.2) is 5.38 Å². The lowest BCUT2D eigenvalue weighted by molar-refractivity contribution is 0.112. The van der Waals surface area contributed by atoms with Crippen molar-refractivity contribution in [1.29, 1.82) is 0 Å². The van der Waals surface area contributed by atoms with Crippen molar-refractivity contribution in [3.8, 4) is 0 Å². The molecule has 0 fully saturated rings. The second-order valence-electron chi connectivity index (χ2n) is 1.44. The SMILES string of the molecule is CNc1csc(C=O)n1. The van der Waals surface area contributed by atoms with Crippen molar-refractivity contribution in [2.75, 3.05) is 12.4 Å². The minimum Gasteiger partial charge on any atom is -0.372 e. The lowest BCUT2D eigenvalue weighted by Gasteiger charge is -1.85. The lowest BCUT2D eigenvalue weighted by Crippen LogP contribution is -1.87. The minimum absolute atomic E-state index is 0.513. The molecule has 3 nitrogen and oxygen atoms in total. The monoisotopic (exact) mass is 142 g/mol. The largest absolute Gasteiger partial charge is 0.372 e. The topological polar surface area (TPSA) is 42.0 Å². The second kappa shape index (κ2) is 2.59. The van der Waals surface area contributed by atoms with E-state index >= 15 is 0 Å². The summed E-state index contributed by atoms with van der Waals surface area (Å²) in [6.07, 6.45) is 0.742. The van der Waals surface area contributed by atoms with E-state index in [1.165, 1.54) is 11.3 Å². The molecule has 0 atom stereocenters. The maximum Gasteiger partial charge on any atom is 0.178 e. The third-order valence-corrected chi connectivity index (χ3v) is 1.65. The van der Waals surface area contributed by atoms with Crippen molar-refractivity contribution in [2.24, 2.45) is 0 Å². The van der Waals surface area contributed by atoms with Gasteiger partial charge in [0.15, 0.2) is 11.3 Å². The molecule has 1 N–H and O–H groups in total. The molecule has 1 rings (SSSR count). The highest BCUT2D eigenvalue weighted by atomic mass is 32.1. The Kier molecular flexibility index (Phi) is 1.79. The van der Waals surface area contributed by atoms with E-state index in [-0.39, 0.29) is 0 Å². The summed E-state index contributed by atoms with van der Waals surface area (Å²) in [6.45, 7) is 0. The van der Waals surface area contributed by atoms with Gasteiger partial charge in [0.05, 0.1) is 0 Å². The van der Waals surface area contributed by atoms with E-state index < -0.39 is 0 Å². The van der Waals surface area contributed by atoms with Crippen LogP contribution in [0.1, 0.15) is 9.80 Å². The van der Waals surface area contributed by atoms with Crippen LogP contribution >= 0.6 is 11.3 Å². The number of thiazole rings is 1. The van der Waals surface area contributed by atoms with Gasteiger partial charge in [0, 0.05) is 12.4 Å². The molecule has 0 saturated heterocycles. The van der Waals surface area contributed by atoms with Crippen molar-refractivity contribution in [1.82, 2.24) is 4.98 Å².